The molecule has 2 aromatic carbocycles. The van der Waals surface area contributed by atoms with Crippen LogP contribution >= 0.6 is 0 Å². The molecule has 0 atom stereocenters. The summed E-state index contributed by atoms with van der Waals surface area (Å²) in [5, 5.41) is 12.8. The zero-order valence-corrected chi connectivity index (χ0v) is 13.8. The van der Waals surface area contributed by atoms with Crippen molar-refractivity contribution in [3.05, 3.63) is 53.7 Å². The van der Waals surface area contributed by atoms with Crippen molar-refractivity contribution in [2.45, 2.75) is 12.9 Å². The topological polar surface area (TPSA) is 67.0 Å². The molecule has 2 heterocycles. The second-order valence-electron chi connectivity index (χ2n) is 6.08. The summed E-state index contributed by atoms with van der Waals surface area (Å²) >= 11 is 0. The SMILES string of the molecule is N#Cc1cc(-c2ccc(OC(F)(F)F)cc2)c2c(c1)cc1n2CCNC1=O. The van der Waals surface area contributed by atoms with E-state index >= 15 is 0 Å². The molecule has 0 fully saturated rings. The van der Waals surface area contributed by atoms with Gasteiger partial charge in [-0.15, -0.1) is 13.2 Å². The molecule has 1 N–H and O–H groups in total. The molecule has 1 aliphatic rings. The summed E-state index contributed by atoms with van der Waals surface area (Å²) in [6.45, 7) is 1.05. The van der Waals surface area contributed by atoms with E-state index in [4.69, 9.17) is 0 Å². The number of fused-ring (bicyclic) bond motifs is 3. The van der Waals surface area contributed by atoms with Gasteiger partial charge in [0.05, 0.1) is 17.1 Å². The molecule has 5 nitrogen and oxygen atoms in total. The van der Waals surface area contributed by atoms with Gasteiger partial charge in [-0.25, -0.2) is 0 Å². The Morgan fingerprint density at radius 2 is 1.89 bits per heavy atom. The number of rotatable bonds is 2. The van der Waals surface area contributed by atoms with Gasteiger partial charge in [-0.1, -0.05) is 12.1 Å². The maximum atomic E-state index is 12.4. The highest BCUT2D eigenvalue weighted by atomic mass is 19.4. The maximum absolute atomic E-state index is 12.4. The van der Waals surface area contributed by atoms with Gasteiger partial charge in [0.2, 0.25) is 0 Å². The van der Waals surface area contributed by atoms with Crippen LogP contribution in [0.15, 0.2) is 42.5 Å². The van der Waals surface area contributed by atoms with Crippen LogP contribution in [0, 0.1) is 11.3 Å². The molecule has 0 aliphatic carbocycles. The van der Waals surface area contributed by atoms with Gasteiger partial charge >= 0.3 is 6.36 Å². The number of hydrogen-bond donors (Lipinski definition) is 1. The van der Waals surface area contributed by atoms with Gasteiger partial charge < -0.3 is 14.6 Å². The summed E-state index contributed by atoms with van der Waals surface area (Å²) in [4.78, 5) is 12.1. The lowest BCUT2D eigenvalue weighted by Crippen LogP contribution is -2.34. The van der Waals surface area contributed by atoms with E-state index in [1.165, 1.54) is 24.3 Å². The smallest absolute Gasteiger partial charge is 0.406 e. The van der Waals surface area contributed by atoms with E-state index in [-0.39, 0.29) is 11.7 Å². The van der Waals surface area contributed by atoms with E-state index < -0.39 is 6.36 Å². The third-order valence-corrected chi connectivity index (χ3v) is 4.37. The highest BCUT2D eigenvalue weighted by molar-refractivity contribution is 6.04. The number of halogens is 3. The lowest BCUT2D eigenvalue weighted by Gasteiger charge is -2.18. The standard InChI is InChI=1S/C19H12F3N3O2/c20-19(21,22)27-14-3-1-12(2-4-14)15-8-11(10-23)7-13-9-16-18(26)24-5-6-25(16)17(13)15/h1-4,7-9H,5-6H2,(H,24,26). The van der Waals surface area contributed by atoms with Crippen LogP contribution in [0.5, 0.6) is 5.75 Å². The Morgan fingerprint density at radius 3 is 2.56 bits per heavy atom. The van der Waals surface area contributed by atoms with Crippen LogP contribution in [0.25, 0.3) is 22.0 Å². The number of aromatic nitrogens is 1. The van der Waals surface area contributed by atoms with Gasteiger partial charge in [-0.2, -0.15) is 5.26 Å². The Labute approximate surface area is 151 Å². The molecule has 0 saturated heterocycles. The number of carbonyl (C=O) groups is 1. The minimum atomic E-state index is -4.76. The quantitative estimate of drug-likeness (QED) is 0.745. The number of alkyl halides is 3. The van der Waals surface area contributed by atoms with Crippen LogP contribution in [-0.4, -0.2) is 23.4 Å². The van der Waals surface area contributed by atoms with Crippen molar-refractivity contribution in [1.29, 1.82) is 5.26 Å². The third kappa shape index (κ3) is 3.08. The summed E-state index contributed by atoms with van der Waals surface area (Å²) in [5.41, 5.74) is 2.95. The number of ether oxygens (including phenoxy) is 1. The lowest BCUT2D eigenvalue weighted by molar-refractivity contribution is -0.274. The maximum Gasteiger partial charge on any atom is 0.573 e. The van der Waals surface area contributed by atoms with Crippen LogP contribution in [-0.2, 0) is 6.54 Å². The molecule has 27 heavy (non-hydrogen) atoms. The Balaban J connectivity index is 1.88. The first kappa shape index (κ1) is 17.0. The second-order valence-corrected chi connectivity index (χ2v) is 6.08. The molecule has 3 aromatic rings. The van der Waals surface area contributed by atoms with Crippen LogP contribution in [0.1, 0.15) is 16.1 Å². The van der Waals surface area contributed by atoms with Gasteiger partial charge in [-0.3, -0.25) is 4.79 Å². The molecular formula is C19H12F3N3O2. The van der Waals surface area contributed by atoms with Crippen molar-refractivity contribution in [3.8, 4) is 22.9 Å². The van der Waals surface area contributed by atoms with Gasteiger partial charge in [0.15, 0.2) is 0 Å². The molecule has 0 radical (unpaired) electrons. The Hall–Kier alpha value is -3.47. The first-order valence-electron chi connectivity index (χ1n) is 8.07. The average molecular weight is 371 g/mol. The van der Waals surface area contributed by atoms with Crippen LogP contribution in [0.4, 0.5) is 13.2 Å². The van der Waals surface area contributed by atoms with Crippen LogP contribution in [0.2, 0.25) is 0 Å². The summed E-state index contributed by atoms with van der Waals surface area (Å²) < 4.78 is 42.8. The third-order valence-electron chi connectivity index (χ3n) is 4.37. The second kappa shape index (κ2) is 6.06. The van der Waals surface area contributed by atoms with Crippen LogP contribution in [0.3, 0.4) is 0 Å². The fourth-order valence-corrected chi connectivity index (χ4v) is 3.33. The molecule has 1 aromatic heterocycles. The summed E-state index contributed by atoms with van der Waals surface area (Å²) in [5.74, 6) is -0.522. The number of nitriles is 1. The first-order valence-corrected chi connectivity index (χ1v) is 8.07. The minimum absolute atomic E-state index is 0.198. The van der Waals surface area contributed by atoms with E-state index in [1.807, 2.05) is 4.57 Å². The van der Waals surface area contributed by atoms with E-state index in [2.05, 4.69) is 16.1 Å². The summed E-state index contributed by atoms with van der Waals surface area (Å²) in [7, 11) is 0. The molecular weight excluding hydrogens is 359 g/mol. The summed E-state index contributed by atoms with van der Waals surface area (Å²) in [6, 6.07) is 12.6. The number of carbonyl (C=O) groups excluding carboxylic acids is 1. The highest BCUT2D eigenvalue weighted by Crippen LogP contribution is 2.34. The van der Waals surface area contributed by atoms with Crippen molar-refractivity contribution >= 4 is 16.8 Å². The van der Waals surface area contributed by atoms with E-state index in [0.717, 1.165) is 10.9 Å². The van der Waals surface area contributed by atoms with Crippen LogP contribution < -0.4 is 10.1 Å². The minimum Gasteiger partial charge on any atom is -0.406 e. The number of benzene rings is 2. The molecule has 0 saturated carbocycles. The van der Waals surface area contributed by atoms with E-state index in [1.54, 1.807) is 18.2 Å². The number of nitrogens with one attached hydrogen (secondary N) is 1. The van der Waals surface area contributed by atoms with E-state index in [0.29, 0.717) is 35.5 Å². The fourth-order valence-electron chi connectivity index (χ4n) is 3.33. The van der Waals surface area contributed by atoms with Crippen molar-refractivity contribution < 1.29 is 22.7 Å². The monoisotopic (exact) mass is 371 g/mol. The molecule has 8 heteroatoms. The largest absolute Gasteiger partial charge is 0.573 e. The molecule has 136 valence electrons. The van der Waals surface area contributed by atoms with Gasteiger partial charge in [0, 0.05) is 24.0 Å². The molecule has 1 amide bonds. The highest BCUT2D eigenvalue weighted by Gasteiger charge is 2.31. The molecule has 1 aliphatic heterocycles. The van der Waals surface area contributed by atoms with Gasteiger partial charge in [0.25, 0.3) is 5.91 Å². The summed E-state index contributed by atoms with van der Waals surface area (Å²) in [6.07, 6.45) is -4.76. The Kier molecular flexibility index (Phi) is 3.81. The zero-order valence-electron chi connectivity index (χ0n) is 13.8. The van der Waals surface area contributed by atoms with Crippen molar-refractivity contribution in [2.24, 2.45) is 0 Å². The average Bonchev–Trinajstić information content (AvgIpc) is 3.00. The van der Waals surface area contributed by atoms with Crippen molar-refractivity contribution in [3.63, 3.8) is 0 Å². The Bertz CT molecular complexity index is 1090. The Morgan fingerprint density at radius 1 is 1.15 bits per heavy atom. The zero-order chi connectivity index (χ0) is 19.2. The normalized spacial score (nSPS) is 13.8. The van der Waals surface area contributed by atoms with Crippen molar-refractivity contribution in [1.82, 2.24) is 9.88 Å². The van der Waals surface area contributed by atoms with Gasteiger partial charge in [-0.05, 0) is 35.9 Å². The fraction of sp³-hybridized carbons (Fsp3) is 0.158. The van der Waals surface area contributed by atoms with Gasteiger partial charge in [0.1, 0.15) is 11.4 Å². The predicted octanol–water partition coefficient (Wildman–Crippen LogP) is 3.82. The molecule has 4 rings (SSSR count). The molecule has 0 spiro atoms. The lowest BCUT2D eigenvalue weighted by atomic mass is 10.00. The van der Waals surface area contributed by atoms with Crippen molar-refractivity contribution in [2.75, 3.05) is 6.54 Å². The predicted molar refractivity (Wildman–Crippen MR) is 91.1 cm³/mol. The number of hydrogen-bond acceptors (Lipinski definition) is 3. The number of nitrogens with zero attached hydrogens (tertiary/aromatic N) is 2. The first-order chi connectivity index (χ1) is 12.9. The van der Waals surface area contributed by atoms with E-state index in [9.17, 15) is 23.2 Å². The number of amides is 1. The molecule has 0 bridgehead atoms. The molecule has 0 unspecified atom stereocenters.